The molecule has 4 saturated carbocycles. The minimum Gasteiger partial charge on any atom is -0.665 e. The van der Waals surface area contributed by atoms with Crippen LogP contribution < -0.4 is 0 Å². The first-order chi connectivity index (χ1) is 12.3. The molecule has 0 amide bonds. The molecule has 5 unspecified atom stereocenters. The molecule has 0 heterocycles. The van der Waals surface area contributed by atoms with E-state index in [0.717, 1.165) is 12.8 Å². The summed E-state index contributed by atoms with van der Waals surface area (Å²) in [4.78, 5) is 33.3. The number of carbonyl (C=O) groups is 2. The van der Waals surface area contributed by atoms with Crippen LogP contribution in [0.1, 0.15) is 72.1 Å². The zero-order valence-electron chi connectivity index (χ0n) is 16.9. The predicted octanol–water partition coefficient (Wildman–Crippen LogP) is 4.23. The fourth-order valence-electron chi connectivity index (χ4n) is 7.31. The number of hydrogen-bond donors (Lipinski definition) is 1. The maximum atomic E-state index is 13.1. The largest absolute Gasteiger partial charge is 0.665 e. The van der Waals surface area contributed by atoms with Gasteiger partial charge in [0.2, 0.25) is 0 Å². The Balaban J connectivity index is 0.000000614. The van der Waals surface area contributed by atoms with E-state index in [-0.39, 0.29) is 44.0 Å². The first-order valence-electron chi connectivity index (χ1n) is 10.2. The van der Waals surface area contributed by atoms with Crippen LogP contribution in [-0.4, -0.2) is 23.1 Å². The van der Waals surface area contributed by atoms with E-state index in [1.807, 2.05) is 0 Å². The van der Waals surface area contributed by atoms with Crippen molar-refractivity contribution < 1.29 is 52.2 Å². The summed E-state index contributed by atoms with van der Waals surface area (Å²) < 4.78 is 0. The Morgan fingerprint density at radius 2 is 1.67 bits per heavy atom. The third-order valence-electron chi connectivity index (χ3n) is 8.76. The average Bonchev–Trinajstić information content (AvgIpc) is 2.93. The van der Waals surface area contributed by atoms with E-state index in [1.54, 1.807) is 0 Å². The van der Waals surface area contributed by atoms with Crippen molar-refractivity contribution in [1.82, 2.24) is 0 Å². The van der Waals surface area contributed by atoms with Crippen molar-refractivity contribution in [3.63, 3.8) is 0 Å². The molecule has 0 bridgehead atoms. The van der Waals surface area contributed by atoms with E-state index in [2.05, 4.69) is 27.2 Å². The van der Waals surface area contributed by atoms with Crippen LogP contribution in [0, 0.1) is 46.8 Å². The van der Waals surface area contributed by atoms with Crippen molar-refractivity contribution >= 4 is 18.0 Å². The molecule has 1 radical (unpaired) electrons. The molecule has 0 spiro atoms. The Hall–Kier alpha value is -0.0861. The smallest absolute Gasteiger partial charge is 0.136 e. The number of aliphatic hydroxyl groups excluding tert-OH is 1. The van der Waals surface area contributed by atoms with Gasteiger partial charge in [0.1, 0.15) is 11.6 Å². The molecule has 0 aromatic carbocycles. The SMILES string of the molecule is C[CH-][C@H]1CCC2C3C(=O)CC4CC(=O)CC[C@]4(C)C3CCC21C.O=[C-]O.[Y]. The molecule has 4 fully saturated rings. The van der Waals surface area contributed by atoms with Gasteiger partial charge in [0, 0.05) is 57.9 Å². The molecular weight excluding hydrogens is 417 g/mol. The summed E-state index contributed by atoms with van der Waals surface area (Å²) in [6, 6.07) is 0. The molecule has 4 rings (SSSR count). The van der Waals surface area contributed by atoms with Crippen LogP contribution >= 0.6 is 0 Å². The number of Topliss-reactive ketones (excluding diaryl/α,β-unsaturated/α-hetero) is 2. The van der Waals surface area contributed by atoms with Gasteiger partial charge >= 0.3 is 0 Å². The molecule has 27 heavy (non-hydrogen) atoms. The normalized spacial score (nSPS) is 45.4. The molecule has 1 N–H and O–H groups in total. The van der Waals surface area contributed by atoms with Gasteiger partial charge in [0.15, 0.2) is 0 Å². The molecule has 0 aliphatic heterocycles. The topological polar surface area (TPSA) is 71.4 Å². The van der Waals surface area contributed by atoms with E-state index >= 15 is 0 Å². The molecule has 0 aromatic rings. The molecule has 4 aliphatic carbocycles. The van der Waals surface area contributed by atoms with Crippen molar-refractivity contribution in [2.45, 2.75) is 72.1 Å². The van der Waals surface area contributed by atoms with E-state index in [0.29, 0.717) is 60.0 Å². The van der Waals surface area contributed by atoms with Crippen molar-refractivity contribution in [1.29, 1.82) is 0 Å². The Morgan fingerprint density at radius 3 is 2.30 bits per heavy atom. The second kappa shape index (κ2) is 8.73. The van der Waals surface area contributed by atoms with Crippen molar-refractivity contribution in [3.8, 4) is 0 Å². The molecule has 149 valence electrons. The fraction of sp³-hybridized carbons (Fsp3) is 0.818. The van der Waals surface area contributed by atoms with Gasteiger partial charge < -0.3 is 16.3 Å². The second-order valence-electron chi connectivity index (χ2n) is 9.51. The van der Waals surface area contributed by atoms with Crippen molar-refractivity contribution in [2.24, 2.45) is 40.4 Å². The van der Waals surface area contributed by atoms with Crippen LogP contribution in [0.3, 0.4) is 0 Å². The predicted molar refractivity (Wildman–Crippen MR) is 98.9 cm³/mol. The summed E-state index contributed by atoms with van der Waals surface area (Å²) in [6.45, 7) is 7.57. The van der Waals surface area contributed by atoms with E-state index in [1.165, 1.54) is 25.7 Å². The van der Waals surface area contributed by atoms with Crippen LogP contribution in [0.25, 0.3) is 0 Å². The van der Waals surface area contributed by atoms with E-state index in [9.17, 15) is 9.59 Å². The molecule has 4 aliphatic rings. The number of rotatable bonds is 1. The van der Waals surface area contributed by atoms with E-state index < -0.39 is 0 Å². The van der Waals surface area contributed by atoms with Crippen LogP contribution in [0.2, 0.25) is 0 Å². The zero-order chi connectivity index (χ0) is 19.1. The fourth-order valence-corrected chi connectivity index (χ4v) is 7.31. The van der Waals surface area contributed by atoms with Gasteiger partial charge in [0.05, 0.1) is 0 Å². The Kier molecular flexibility index (Phi) is 7.50. The first-order valence-corrected chi connectivity index (χ1v) is 10.2. The molecule has 4 nitrogen and oxygen atoms in total. The van der Waals surface area contributed by atoms with E-state index in [4.69, 9.17) is 9.90 Å². The summed E-state index contributed by atoms with van der Waals surface area (Å²) >= 11 is 0. The first kappa shape index (κ1) is 23.2. The van der Waals surface area contributed by atoms with Crippen LogP contribution in [0.5, 0.6) is 0 Å². The number of fused-ring (bicyclic) bond motifs is 5. The van der Waals surface area contributed by atoms with Gasteiger partial charge in [-0.2, -0.15) is 12.8 Å². The van der Waals surface area contributed by atoms with Crippen LogP contribution in [-0.2, 0) is 47.1 Å². The zero-order valence-corrected chi connectivity index (χ0v) is 19.7. The minimum absolute atomic E-state index is 0. The van der Waals surface area contributed by atoms with Gasteiger partial charge in [-0.15, -0.1) is 0 Å². The summed E-state index contributed by atoms with van der Waals surface area (Å²) in [6.07, 6.45) is 10.5. The van der Waals surface area contributed by atoms with Gasteiger partial charge in [-0.05, 0) is 42.4 Å². The Morgan fingerprint density at radius 1 is 1.04 bits per heavy atom. The number of ketones is 2. The van der Waals surface area contributed by atoms with Crippen LogP contribution in [0.15, 0.2) is 0 Å². The molecule has 0 saturated heterocycles. The monoisotopic (exact) mass is 449 g/mol. The average molecular weight is 449 g/mol. The third kappa shape index (κ3) is 3.74. The molecular formula is C22H32O4Y-2. The summed E-state index contributed by atoms with van der Waals surface area (Å²) in [5, 5.41) is 6.76. The maximum absolute atomic E-state index is 13.1. The van der Waals surface area contributed by atoms with Crippen LogP contribution in [0.4, 0.5) is 0 Å². The summed E-state index contributed by atoms with van der Waals surface area (Å²) in [5.74, 6) is 3.33. The van der Waals surface area contributed by atoms with Crippen molar-refractivity contribution in [3.05, 3.63) is 6.42 Å². The van der Waals surface area contributed by atoms with Gasteiger partial charge in [-0.3, -0.25) is 9.59 Å². The summed E-state index contributed by atoms with van der Waals surface area (Å²) in [5.41, 5.74) is 0.584. The van der Waals surface area contributed by atoms with Crippen molar-refractivity contribution in [2.75, 3.05) is 0 Å². The Bertz CT molecular complexity index is 591. The second-order valence-corrected chi connectivity index (χ2v) is 9.51. The third-order valence-corrected chi connectivity index (χ3v) is 8.76. The molecule has 7 atom stereocenters. The molecule has 0 aromatic heterocycles. The van der Waals surface area contributed by atoms with Gasteiger partial charge in [-0.25, -0.2) is 0 Å². The van der Waals surface area contributed by atoms with Gasteiger partial charge in [-0.1, -0.05) is 38.6 Å². The minimum atomic E-state index is 0. The quantitative estimate of drug-likeness (QED) is 0.609. The standard InChI is InChI=1S/C21H31O2.CHO2.Y/c1-4-13-5-6-16-19-17(8-10-20(13,16)2)21(3)9-7-15(22)11-14(21)12-18(19)23;2-1-3;/h4,13-14,16-17,19H,5-12H2,1-3H3;(H,2,3);/q2*-1;/t13-,14?,16?,17?,19?,20?,21-;;/m0../s1. The number of carbonyl (C=O) groups excluding carboxylic acids is 2. The maximum Gasteiger partial charge on any atom is 0.136 e. The van der Waals surface area contributed by atoms with Gasteiger partial charge in [0.25, 0.3) is 0 Å². The summed E-state index contributed by atoms with van der Waals surface area (Å²) in [7, 11) is 0. The molecule has 5 heteroatoms. The Labute approximate surface area is 188 Å². The number of hydrogen-bond acceptors (Lipinski definition) is 3.